The number of anilines is 4. The molecule has 0 radical (unpaired) electrons. The predicted octanol–water partition coefficient (Wildman–Crippen LogP) is 5.26. The van der Waals surface area contributed by atoms with E-state index < -0.39 is 11.3 Å². The van der Waals surface area contributed by atoms with Crippen LogP contribution in [-0.4, -0.2) is 67.1 Å². The number of likely N-dealkylation sites (tertiary alicyclic amines) is 1. The summed E-state index contributed by atoms with van der Waals surface area (Å²) in [4.78, 5) is 15.9. The second kappa shape index (κ2) is 8.77. The lowest BCUT2D eigenvalue weighted by molar-refractivity contribution is -0.00238. The number of alkyl halides is 2. The van der Waals surface area contributed by atoms with E-state index in [0.29, 0.717) is 35.4 Å². The zero-order valence-corrected chi connectivity index (χ0v) is 22.1. The van der Waals surface area contributed by atoms with Gasteiger partial charge in [0.2, 0.25) is 5.95 Å². The summed E-state index contributed by atoms with van der Waals surface area (Å²) in [7, 11) is 2.17. The van der Waals surface area contributed by atoms with Crippen molar-refractivity contribution in [2.75, 3.05) is 61.4 Å². The van der Waals surface area contributed by atoms with Crippen LogP contribution in [0.5, 0.6) is 0 Å². The second-order valence-corrected chi connectivity index (χ2v) is 11.3. The van der Waals surface area contributed by atoms with Crippen LogP contribution in [0.2, 0.25) is 0 Å². The van der Waals surface area contributed by atoms with Crippen molar-refractivity contribution in [3.63, 3.8) is 0 Å². The molecule has 4 heterocycles. The van der Waals surface area contributed by atoms with Gasteiger partial charge in [0.15, 0.2) is 0 Å². The summed E-state index contributed by atoms with van der Waals surface area (Å²) in [6.07, 6.45) is 2.09. The van der Waals surface area contributed by atoms with E-state index >= 15 is 0 Å². The molecular formula is C29H33F2N7. The first-order valence-corrected chi connectivity index (χ1v) is 13.4. The zero-order valence-electron chi connectivity index (χ0n) is 22.1. The first kappa shape index (κ1) is 24.8. The SMILES string of the molecule is CC.CN1CC2(C1)CN(c1ccc(Nc3ncc4cc(C#N)cc(N5CCC6(C5)CC6(F)F)c4n3)cc1)C2. The molecule has 1 aliphatic carbocycles. The second-order valence-electron chi connectivity index (χ2n) is 11.3. The summed E-state index contributed by atoms with van der Waals surface area (Å²) in [5.74, 6) is -2.16. The van der Waals surface area contributed by atoms with Crippen LogP contribution in [0.3, 0.4) is 0 Å². The molecule has 1 atom stereocenters. The number of hydrogen-bond acceptors (Lipinski definition) is 7. The Bertz CT molecular complexity index is 1400. The van der Waals surface area contributed by atoms with E-state index in [-0.39, 0.29) is 13.0 Å². The molecule has 4 fully saturated rings. The molecule has 7 rings (SSSR count). The molecule has 2 aromatic carbocycles. The number of fused-ring (bicyclic) bond motifs is 1. The van der Waals surface area contributed by atoms with Crippen molar-refractivity contribution in [3.8, 4) is 6.07 Å². The average Bonchev–Trinajstić information content (AvgIpc) is 3.18. The number of nitriles is 1. The fourth-order valence-corrected chi connectivity index (χ4v) is 6.52. The lowest BCUT2D eigenvalue weighted by Crippen LogP contribution is -2.71. The summed E-state index contributed by atoms with van der Waals surface area (Å²) in [5, 5.41) is 13.5. The van der Waals surface area contributed by atoms with Gasteiger partial charge in [0.25, 0.3) is 5.92 Å². The molecule has 1 saturated carbocycles. The number of halogens is 2. The maximum absolute atomic E-state index is 14.0. The fourth-order valence-electron chi connectivity index (χ4n) is 6.52. The van der Waals surface area contributed by atoms with E-state index in [1.165, 1.54) is 18.8 Å². The van der Waals surface area contributed by atoms with Gasteiger partial charge >= 0.3 is 0 Å². The summed E-state index contributed by atoms with van der Waals surface area (Å²) >= 11 is 0. The largest absolute Gasteiger partial charge is 0.370 e. The first-order chi connectivity index (χ1) is 18.3. The standard InChI is InChI=1S/C27H27F2N7.C2H6/c1-34-13-25(14-34)15-36(16-25)21-4-2-20(3-5-21)32-24-31-11-19-8-18(10-30)9-22(23(19)33-24)35-7-6-26(17-35)12-27(26,28)29;1-2/h2-5,8-9,11H,6-7,12-17H2,1H3,(H,31,32,33);1-2H3. The number of hydrogen-bond donors (Lipinski definition) is 1. The summed E-state index contributed by atoms with van der Waals surface area (Å²) in [6.45, 7) is 9.39. The van der Waals surface area contributed by atoms with E-state index in [2.05, 4.69) is 45.4 Å². The van der Waals surface area contributed by atoms with Crippen LogP contribution in [-0.2, 0) is 0 Å². The maximum atomic E-state index is 14.0. The Morgan fingerprint density at radius 2 is 1.71 bits per heavy atom. The van der Waals surface area contributed by atoms with Crippen LogP contribution < -0.4 is 15.1 Å². The van der Waals surface area contributed by atoms with Gasteiger partial charge in [0.05, 0.1) is 28.3 Å². The molecule has 3 saturated heterocycles. The number of rotatable bonds is 4. The molecule has 1 unspecified atom stereocenters. The van der Waals surface area contributed by atoms with Crippen molar-refractivity contribution in [2.24, 2.45) is 10.8 Å². The third-order valence-corrected chi connectivity index (χ3v) is 8.45. The van der Waals surface area contributed by atoms with Gasteiger partial charge in [-0.1, -0.05) is 13.8 Å². The van der Waals surface area contributed by atoms with Crippen LogP contribution in [0.15, 0.2) is 42.6 Å². The molecule has 2 spiro atoms. The average molecular weight is 518 g/mol. The normalized spacial score (nSPS) is 24.4. The van der Waals surface area contributed by atoms with Crippen molar-refractivity contribution in [3.05, 3.63) is 48.2 Å². The van der Waals surface area contributed by atoms with E-state index in [9.17, 15) is 14.0 Å². The highest BCUT2D eigenvalue weighted by Gasteiger charge is 2.72. The Balaban J connectivity index is 0.00000129. The smallest absolute Gasteiger partial charge is 0.256 e. The molecule has 198 valence electrons. The Labute approximate surface area is 222 Å². The number of nitrogens with one attached hydrogen (secondary N) is 1. The molecule has 1 aromatic heterocycles. The highest BCUT2D eigenvalue weighted by molar-refractivity contribution is 5.93. The molecule has 3 aliphatic heterocycles. The Morgan fingerprint density at radius 3 is 2.32 bits per heavy atom. The minimum atomic E-state index is -2.59. The van der Waals surface area contributed by atoms with E-state index in [1.54, 1.807) is 18.3 Å². The molecule has 4 aliphatic rings. The van der Waals surface area contributed by atoms with Gasteiger partial charge in [0, 0.05) is 74.1 Å². The molecule has 0 bridgehead atoms. The van der Waals surface area contributed by atoms with E-state index in [0.717, 1.165) is 29.9 Å². The topological polar surface area (TPSA) is 71.3 Å². The Kier molecular flexibility index (Phi) is 5.72. The summed E-state index contributed by atoms with van der Waals surface area (Å²) in [6, 6.07) is 14.0. The van der Waals surface area contributed by atoms with Gasteiger partial charge in [-0.3, -0.25) is 0 Å². The third-order valence-electron chi connectivity index (χ3n) is 8.45. The van der Waals surface area contributed by atoms with Gasteiger partial charge in [0.1, 0.15) is 0 Å². The lowest BCUT2D eigenvalue weighted by atomic mass is 9.73. The highest BCUT2D eigenvalue weighted by Crippen LogP contribution is 2.65. The molecule has 9 heteroatoms. The minimum Gasteiger partial charge on any atom is -0.370 e. The number of nitrogens with zero attached hydrogens (tertiary/aromatic N) is 6. The third kappa shape index (κ3) is 4.02. The van der Waals surface area contributed by atoms with Crippen LogP contribution in [0.1, 0.15) is 32.3 Å². The van der Waals surface area contributed by atoms with Gasteiger partial charge in [-0.15, -0.1) is 0 Å². The lowest BCUT2D eigenvalue weighted by Gasteiger charge is -2.60. The van der Waals surface area contributed by atoms with Crippen molar-refractivity contribution in [2.45, 2.75) is 32.6 Å². The summed E-state index contributed by atoms with van der Waals surface area (Å²) < 4.78 is 28.0. The highest BCUT2D eigenvalue weighted by atomic mass is 19.3. The van der Waals surface area contributed by atoms with Crippen LogP contribution in [0, 0.1) is 22.2 Å². The molecule has 1 N–H and O–H groups in total. The van der Waals surface area contributed by atoms with Crippen molar-refractivity contribution in [1.29, 1.82) is 5.26 Å². The van der Waals surface area contributed by atoms with Gasteiger partial charge in [-0.05, 0) is 49.9 Å². The molecular weight excluding hydrogens is 484 g/mol. The molecule has 0 amide bonds. The first-order valence-electron chi connectivity index (χ1n) is 13.4. The number of aromatic nitrogens is 2. The molecule has 38 heavy (non-hydrogen) atoms. The van der Waals surface area contributed by atoms with Crippen molar-refractivity contribution >= 4 is 33.9 Å². The van der Waals surface area contributed by atoms with Gasteiger partial charge in [-0.2, -0.15) is 5.26 Å². The fraction of sp³-hybridized carbons (Fsp3) is 0.483. The Morgan fingerprint density at radius 1 is 1.00 bits per heavy atom. The van der Waals surface area contributed by atoms with Crippen LogP contribution in [0.4, 0.5) is 31.8 Å². The molecule has 7 nitrogen and oxygen atoms in total. The van der Waals surface area contributed by atoms with Crippen LogP contribution >= 0.6 is 0 Å². The molecule has 3 aromatic rings. The zero-order chi connectivity index (χ0) is 26.7. The maximum Gasteiger partial charge on any atom is 0.256 e. The predicted molar refractivity (Wildman–Crippen MR) is 146 cm³/mol. The van der Waals surface area contributed by atoms with Crippen molar-refractivity contribution < 1.29 is 8.78 Å². The Hall–Kier alpha value is -3.51. The quantitative estimate of drug-likeness (QED) is 0.506. The monoisotopic (exact) mass is 517 g/mol. The van der Waals surface area contributed by atoms with Crippen LogP contribution in [0.25, 0.3) is 10.9 Å². The summed E-state index contributed by atoms with van der Waals surface area (Å²) in [5.41, 5.74) is 3.51. The minimum absolute atomic E-state index is 0.0559. The van der Waals surface area contributed by atoms with E-state index in [1.807, 2.05) is 30.9 Å². The van der Waals surface area contributed by atoms with Crippen molar-refractivity contribution in [1.82, 2.24) is 14.9 Å². The van der Waals surface area contributed by atoms with E-state index in [4.69, 9.17) is 4.98 Å². The van der Waals surface area contributed by atoms with Gasteiger partial charge in [-0.25, -0.2) is 18.7 Å². The number of benzene rings is 2. The van der Waals surface area contributed by atoms with Gasteiger partial charge < -0.3 is 20.0 Å².